The number of hydrogen-bond donors (Lipinski definition) is 0. The highest BCUT2D eigenvalue weighted by atomic mass is 14.5. The molecule has 0 bridgehead atoms. The van der Waals surface area contributed by atoms with Crippen LogP contribution in [-0.4, -0.2) is 0 Å². The Morgan fingerprint density at radius 3 is 1.28 bits per heavy atom. The summed E-state index contributed by atoms with van der Waals surface area (Å²) in [6.45, 7) is 0. The van der Waals surface area contributed by atoms with E-state index in [0.29, 0.717) is 0 Å². The Hall–Kier alpha value is -9.10. The van der Waals surface area contributed by atoms with Gasteiger partial charge in [-0.25, -0.2) is 0 Å². The van der Waals surface area contributed by atoms with E-state index < -0.39 is 5.41 Å². The molecule has 0 fully saturated rings. The monoisotopic (exact) mass is 896 g/mol. The molecule has 1 aliphatic carbocycles. The summed E-state index contributed by atoms with van der Waals surface area (Å²) in [5, 5.41) is 17.8. The molecule has 0 aromatic heterocycles. The fourth-order valence-electron chi connectivity index (χ4n) is 13.0. The molecular weight excluding hydrogens is 853 g/mol. The summed E-state index contributed by atoms with van der Waals surface area (Å²) in [5.41, 5.74) is 14.7. The molecular formula is C71H44. The van der Waals surface area contributed by atoms with Crippen LogP contribution in [0.1, 0.15) is 22.3 Å². The molecule has 0 N–H and O–H groups in total. The molecule has 328 valence electrons. The molecule has 0 saturated heterocycles. The van der Waals surface area contributed by atoms with Gasteiger partial charge in [0, 0.05) is 0 Å². The van der Waals surface area contributed by atoms with E-state index in [9.17, 15) is 0 Å². The Labute approximate surface area is 412 Å². The van der Waals surface area contributed by atoms with E-state index in [4.69, 9.17) is 0 Å². The molecule has 0 aliphatic heterocycles. The van der Waals surface area contributed by atoms with Gasteiger partial charge in [0.25, 0.3) is 0 Å². The second-order valence-electron chi connectivity index (χ2n) is 19.4. The summed E-state index contributed by atoms with van der Waals surface area (Å²) < 4.78 is 0. The molecule has 0 radical (unpaired) electrons. The Kier molecular flexibility index (Phi) is 8.68. The maximum atomic E-state index is 2.43. The number of benzene rings is 14. The molecule has 15 rings (SSSR count). The van der Waals surface area contributed by atoms with Gasteiger partial charge in [-0.2, -0.15) is 0 Å². The number of hydrogen-bond acceptors (Lipinski definition) is 0. The van der Waals surface area contributed by atoms with Crippen LogP contribution in [-0.2, 0) is 5.41 Å². The van der Waals surface area contributed by atoms with Crippen molar-refractivity contribution in [3.63, 3.8) is 0 Å². The summed E-state index contributed by atoms with van der Waals surface area (Å²) in [5.74, 6) is 0. The van der Waals surface area contributed by atoms with Crippen molar-refractivity contribution in [1.29, 1.82) is 0 Å². The predicted molar refractivity (Wildman–Crippen MR) is 303 cm³/mol. The van der Waals surface area contributed by atoms with Gasteiger partial charge >= 0.3 is 0 Å². The molecule has 0 atom stereocenters. The summed E-state index contributed by atoms with van der Waals surface area (Å²) >= 11 is 0. The highest BCUT2D eigenvalue weighted by Crippen LogP contribution is 2.62. The van der Waals surface area contributed by atoms with Crippen LogP contribution in [0.2, 0.25) is 0 Å². The quantitative estimate of drug-likeness (QED) is 0.119. The van der Waals surface area contributed by atoms with Gasteiger partial charge in [-0.15, -0.1) is 0 Å². The second kappa shape index (κ2) is 15.5. The first-order valence-corrected chi connectivity index (χ1v) is 24.8. The van der Waals surface area contributed by atoms with Crippen LogP contribution in [0.3, 0.4) is 0 Å². The molecule has 71 heavy (non-hydrogen) atoms. The van der Waals surface area contributed by atoms with E-state index in [2.05, 4.69) is 267 Å². The fraction of sp³-hybridized carbons (Fsp3) is 0.0141. The first-order chi connectivity index (χ1) is 35.3. The molecule has 0 amide bonds. The SMILES string of the molecule is c1ccc(C2(c3ccccc3)c3c(ccc4cc(-c5cccc(-c6c7ccccc7c(-c7cc8ccccc8c8ccccc78)c7ccccc67)c5)ccc34)-c3c2c2ccccc2c2ccccc32)cc1. The first kappa shape index (κ1) is 39.9. The molecule has 0 nitrogen and oxygen atoms in total. The molecule has 0 heterocycles. The minimum absolute atomic E-state index is 0.578. The van der Waals surface area contributed by atoms with Gasteiger partial charge < -0.3 is 0 Å². The number of rotatable bonds is 5. The zero-order valence-electron chi connectivity index (χ0n) is 38.9. The fourth-order valence-corrected chi connectivity index (χ4v) is 13.0. The van der Waals surface area contributed by atoms with Crippen molar-refractivity contribution in [2.24, 2.45) is 0 Å². The Morgan fingerprint density at radius 1 is 0.197 bits per heavy atom. The second-order valence-corrected chi connectivity index (χ2v) is 19.4. The largest absolute Gasteiger partial charge is 0.0725 e. The van der Waals surface area contributed by atoms with Crippen LogP contribution in [0.5, 0.6) is 0 Å². The zero-order valence-corrected chi connectivity index (χ0v) is 38.9. The minimum atomic E-state index is -0.578. The summed E-state index contributed by atoms with van der Waals surface area (Å²) in [6, 6.07) is 100. The highest BCUT2D eigenvalue weighted by Gasteiger charge is 2.49. The normalized spacial score (nSPS) is 12.9. The first-order valence-electron chi connectivity index (χ1n) is 24.8. The summed E-state index contributed by atoms with van der Waals surface area (Å²) in [6.07, 6.45) is 0. The van der Waals surface area contributed by atoms with E-state index in [1.54, 1.807) is 0 Å². The van der Waals surface area contributed by atoms with Crippen molar-refractivity contribution in [2.75, 3.05) is 0 Å². The van der Waals surface area contributed by atoms with Crippen molar-refractivity contribution < 1.29 is 0 Å². The van der Waals surface area contributed by atoms with Crippen molar-refractivity contribution in [2.45, 2.75) is 5.41 Å². The van der Waals surface area contributed by atoms with Gasteiger partial charge in [-0.3, -0.25) is 0 Å². The van der Waals surface area contributed by atoms with Crippen molar-refractivity contribution in [3.8, 4) is 44.5 Å². The lowest BCUT2D eigenvalue weighted by atomic mass is 9.65. The lowest BCUT2D eigenvalue weighted by molar-refractivity contribution is 0.783. The highest BCUT2D eigenvalue weighted by molar-refractivity contribution is 6.26. The maximum absolute atomic E-state index is 2.43. The van der Waals surface area contributed by atoms with Gasteiger partial charge in [-0.1, -0.05) is 249 Å². The van der Waals surface area contributed by atoms with Crippen LogP contribution in [0.4, 0.5) is 0 Å². The Morgan fingerprint density at radius 2 is 0.648 bits per heavy atom. The van der Waals surface area contributed by atoms with Crippen LogP contribution in [0.25, 0.3) is 120 Å². The van der Waals surface area contributed by atoms with E-state index >= 15 is 0 Å². The smallest absolute Gasteiger partial charge is 0.0622 e. The van der Waals surface area contributed by atoms with Gasteiger partial charge in [0.05, 0.1) is 5.41 Å². The summed E-state index contributed by atoms with van der Waals surface area (Å²) in [7, 11) is 0. The molecule has 0 spiro atoms. The van der Waals surface area contributed by atoms with Gasteiger partial charge in [-0.05, 0) is 160 Å². The lowest BCUT2D eigenvalue weighted by Gasteiger charge is -2.35. The van der Waals surface area contributed by atoms with Gasteiger partial charge in [0.1, 0.15) is 0 Å². The topological polar surface area (TPSA) is 0 Å². The predicted octanol–water partition coefficient (Wildman–Crippen LogP) is 19.1. The minimum Gasteiger partial charge on any atom is -0.0622 e. The third kappa shape index (κ3) is 5.68. The van der Waals surface area contributed by atoms with E-state index in [-0.39, 0.29) is 0 Å². The van der Waals surface area contributed by atoms with Crippen molar-refractivity contribution in [3.05, 3.63) is 289 Å². The molecule has 1 aliphatic rings. The Balaban J connectivity index is 0.954. The van der Waals surface area contributed by atoms with Crippen LogP contribution in [0, 0.1) is 0 Å². The molecule has 0 unspecified atom stereocenters. The van der Waals surface area contributed by atoms with E-state index in [0.717, 1.165) is 0 Å². The van der Waals surface area contributed by atoms with Crippen molar-refractivity contribution >= 4 is 75.4 Å². The third-order valence-electron chi connectivity index (χ3n) is 15.8. The van der Waals surface area contributed by atoms with E-state index in [1.807, 2.05) is 0 Å². The third-order valence-corrected chi connectivity index (χ3v) is 15.8. The maximum Gasteiger partial charge on any atom is 0.0725 e. The standard InChI is InChI=1S/C71H44/c1-3-23-50(24-4-1)71(51-25-5-2-6-26-51)69-53-40-38-46(42-48(53)39-41-64(69)68-58-32-13-11-29-55(58)56-30-12-18-37-63(56)70(68)71)45-21-19-22-49(43-45)66-59-33-14-16-35-61(59)67(62-36-17-15-34-60(62)66)65-44-47-20-7-8-27-52(47)54-28-9-10-31-57(54)65/h1-44H. The Bertz CT molecular complexity index is 4410. The van der Waals surface area contributed by atoms with Gasteiger partial charge in [0.15, 0.2) is 0 Å². The van der Waals surface area contributed by atoms with Crippen LogP contribution in [0.15, 0.2) is 267 Å². The van der Waals surface area contributed by atoms with Crippen LogP contribution >= 0.6 is 0 Å². The van der Waals surface area contributed by atoms with Crippen molar-refractivity contribution in [1.82, 2.24) is 0 Å². The lowest BCUT2D eigenvalue weighted by Crippen LogP contribution is -2.29. The summed E-state index contributed by atoms with van der Waals surface area (Å²) in [4.78, 5) is 0. The molecule has 0 heteroatoms. The number of fused-ring (bicyclic) bond motifs is 15. The van der Waals surface area contributed by atoms with E-state index in [1.165, 1.54) is 142 Å². The van der Waals surface area contributed by atoms with Crippen LogP contribution < -0.4 is 0 Å². The molecule has 14 aromatic rings. The molecule has 14 aromatic carbocycles. The average molecular weight is 897 g/mol. The molecule has 0 saturated carbocycles. The zero-order chi connectivity index (χ0) is 46.6. The van der Waals surface area contributed by atoms with Gasteiger partial charge in [0.2, 0.25) is 0 Å². The average Bonchev–Trinajstić information content (AvgIpc) is 3.79.